The van der Waals surface area contributed by atoms with Crippen LogP contribution in [0.15, 0.2) is 90.2 Å². The average molecular weight is 420 g/mol. The number of nitrogens with zero attached hydrogens (tertiary/aromatic N) is 2. The Hall–Kier alpha value is -4.45. The van der Waals surface area contributed by atoms with Crippen LogP contribution < -0.4 is 10.2 Å². The monoisotopic (exact) mass is 420 g/mol. The third kappa shape index (κ3) is 3.70. The normalized spacial score (nSPS) is 11.3. The van der Waals surface area contributed by atoms with Crippen molar-refractivity contribution in [2.24, 2.45) is 5.10 Å². The molecular weight excluding hydrogens is 400 g/mol. The number of methoxy groups -OCH3 is 1. The van der Waals surface area contributed by atoms with E-state index in [4.69, 9.17) is 9.72 Å². The number of pyridine rings is 1. The molecule has 0 fully saturated rings. The van der Waals surface area contributed by atoms with E-state index in [1.165, 1.54) is 0 Å². The smallest absolute Gasteiger partial charge is 0.272 e. The number of ether oxygens (including phenoxy) is 1. The van der Waals surface area contributed by atoms with E-state index in [9.17, 15) is 4.79 Å². The Balaban J connectivity index is 1.51. The van der Waals surface area contributed by atoms with E-state index in [1.807, 2.05) is 79.0 Å². The van der Waals surface area contributed by atoms with Gasteiger partial charge in [-0.1, -0.05) is 48.5 Å². The van der Waals surface area contributed by atoms with E-state index in [1.54, 1.807) is 19.4 Å². The number of benzene rings is 3. The number of amides is 1. The highest BCUT2D eigenvalue weighted by atomic mass is 16.5. The highest BCUT2D eigenvalue weighted by Gasteiger charge is 2.15. The van der Waals surface area contributed by atoms with Gasteiger partial charge in [-0.2, -0.15) is 5.10 Å². The molecule has 2 aromatic heterocycles. The van der Waals surface area contributed by atoms with Crippen molar-refractivity contribution >= 4 is 33.9 Å². The molecule has 2 heterocycles. The van der Waals surface area contributed by atoms with Gasteiger partial charge in [-0.05, 0) is 30.3 Å². The number of fused-ring (bicyclic) bond motifs is 2. The predicted molar refractivity (Wildman–Crippen MR) is 127 cm³/mol. The van der Waals surface area contributed by atoms with Crippen molar-refractivity contribution < 1.29 is 9.53 Å². The predicted octanol–water partition coefficient (Wildman–Crippen LogP) is 5.16. The molecule has 5 rings (SSSR count). The fraction of sp³-hybridized carbons (Fsp3) is 0.0385. The third-order valence-electron chi connectivity index (χ3n) is 5.32. The van der Waals surface area contributed by atoms with Gasteiger partial charge in [0.1, 0.15) is 5.75 Å². The number of carbonyl (C=O) groups excluding carboxylic acids is 1. The summed E-state index contributed by atoms with van der Waals surface area (Å²) in [6.45, 7) is 0. The van der Waals surface area contributed by atoms with Gasteiger partial charge in [0, 0.05) is 33.6 Å². The van der Waals surface area contributed by atoms with Crippen LogP contribution in [-0.2, 0) is 0 Å². The fourth-order valence-corrected chi connectivity index (χ4v) is 3.70. The summed E-state index contributed by atoms with van der Waals surface area (Å²) in [6.07, 6.45) is 3.50. The summed E-state index contributed by atoms with van der Waals surface area (Å²) < 4.78 is 5.35. The molecule has 0 aliphatic carbocycles. The fourth-order valence-electron chi connectivity index (χ4n) is 3.70. The number of rotatable bonds is 5. The molecule has 156 valence electrons. The van der Waals surface area contributed by atoms with Crippen LogP contribution >= 0.6 is 0 Å². The molecule has 0 radical (unpaired) electrons. The Kier molecular flexibility index (Phi) is 5.09. The molecule has 0 atom stereocenters. The van der Waals surface area contributed by atoms with E-state index >= 15 is 0 Å². The van der Waals surface area contributed by atoms with E-state index < -0.39 is 0 Å². The van der Waals surface area contributed by atoms with Crippen LogP contribution in [0.3, 0.4) is 0 Å². The maximum Gasteiger partial charge on any atom is 0.272 e. The first kappa shape index (κ1) is 19.5. The van der Waals surface area contributed by atoms with Crippen LogP contribution in [0.2, 0.25) is 0 Å². The lowest BCUT2D eigenvalue weighted by Crippen LogP contribution is -2.18. The molecule has 0 spiro atoms. The second kappa shape index (κ2) is 8.35. The molecule has 0 aliphatic heterocycles. The van der Waals surface area contributed by atoms with Crippen LogP contribution in [0.5, 0.6) is 5.75 Å². The Morgan fingerprint density at radius 3 is 2.66 bits per heavy atom. The molecule has 0 bridgehead atoms. The quantitative estimate of drug-likeness (QED) is 0.305. The highest BCUT2D eigenvalue weighted by Crippen LogP contribution is 2.27. The zero-order chi connectivity index (χ0) is 21.9. The summed E-state index contributed by atoms with van der Waals surface area (Å²) in [6, 6.07) is 25.0. The van der Waals surface area contributed by atoms with Gasteiger partial charge in [-0.25, -0.2) is 10.4 Å². The lowest BCUT2D eigenvalue weighted by molar-refractivity contribution is 0.0956. The van der Waals surface area contributed by atoms with Crippen LogP contribution in [-0.4, -0.2) is 29.2 Å². The number of H-pyrrole nitrogens is 1. The minimum absolute atomic E-state index is 0.320. The van der Waals surface area contributed by atoms with Crippen molar-refractivity contribution in [2.45, 2.75) is 0 Å². The van der Waals surface area contributed by atoms with Crippen LogP contribution in [0.1, 0.15) is 15.9 Å². The molecule has 5 aromatic rings. The molecule has 0 saturated heterocycles. The molecule has 2 N–H and O–H groups in total. The number of para-hydroxylation sites is 1. The summed E-state index contributed by atoms with van der Waals surface area (Å²) in [7, 11) is 1.60. The van der Waals surface area contributed by atoms with Crippen molar-refractivity contribution in [1.29, 1.82) is 0 Å². The van der Waals surface area contributed by atoms with Crippen LogP contribution in [0.25, 0.3) is 33.1 Å². The molecule has 0 unspecified atom stereocenters. The van der Waals surface area contributed by atoms with Gasteiger partial charge in [0.15, 0.2) is 0 Å². The minimum Gasteiger partial charge on any atom is -0.497 e. The van der Waals surface area contributed by atoms with Crippen molar-refractivity contribution in [1.82, 2.24) is 15.4 Å². The number of aromatic amines is 1. The van der Waals surface area contributed by atoms with Gasteiger partial charge in [-0.15, -0.1) is 0 Å². The summed E-state index contributed by atoms with van der Waals surface area (Å²) in [5.41, 5.74) is 7.40. The molecule has 3 aromatic carbocycles. The lowest BCUT2D eigenvalue weighted by atomic mass is 10.0. The van der Waals surface area contributed by atoms with E-state index in [0.29, 0.717) is 27.9 Å². The molecule has 32 heavy (non-hydrogen) atoms. The zero-order valence-electron chi connectivity index (χ0n) is 17.4. The number of hydrogen-bond acceptors (Lipinski definition) is 4. The van der Waals surface area contributed by atoms with Crippen molar-refractivity contribution in [3.63, 3.8) is 0 Å². The molecule has 6 heteroatoms. The maximum atomic E-state index is 13.1. The Morgan fingerprint density at radius 2 is 1.81 bits per heavy atom. The number of hydrogen-bond donors (Lipinski definition) is 2. The Bertz CT molecular complexity index is 1460. The van der Waals surface area contributed by atoms with Crippen molar-refractivity contribution in [3.8, 4) is 17.0 Å². The summed E-state index contributed by atoms with van der Waals surface area (Å²) in [5.74, 6) is 0.335. The highest BCUT2D eigenvalue weighted by molar-refractivity contribution is 6.08. The molecule has 1 amide bonds. The zero-order valence-corrected chi connectivity index (χ0v) is 17.4. The molecular formula is C26H20N4O2. The van der Waals surface area contributed by atoms with E-state index in [0.717, 1.165) is 22.0 Å². The Morgan fingerprint density at radius 1 is 1.00 bits per heavy atom. The molecule has 0 aliphatic rings. The summed E-state index contributed by atoms with van der Waals surface area (Å²) in [5, 5.41) is 5.93. The Labute approximate surface area is 184 Å². The van der Waals surface area contributed by atoms with Gasteiger partial charge in [0.2, 0.25) is 0 Å². The van der Waals surface area contributed by atoms with E-state index in [2.05, 4.69) is 15.5 Å². The average Bonchev–Trinajstić information content (AvgIpc) is 3.26. The summed E-state index contributed by atoms with van der Waals surface area (Å²) in [4.78, 5) is 21.1. The number of hydrazone groups is 1. The second-order valence-corrected chi connectivity index (χ2v) is 7.29. The van der Waals surface area contributed by atoms with Crippen molar-refractivity contribution in [3.05, 3.63) is 96.2 Å². The third-order valence-corrected chi connectivity index (χ3v) is 5.32. The maximum absolute atomic E-state index is 13.1. The first-order valence-corrected chi connectivity index (χ1v) is 10.2. The van der Waals surface area contributed by atoms with Gasteiger partial charge < -0.3 is 9.72 Å². The van der Waals surface area contributed by atoms with Crippen molar-refractivity contribution in [2.75, 3.05) is 7.11 Å². The SMILES string of the molecule is COc1ccc2nc(-c3ccccc3)cc(C(=O)NN=Cc3c[nH]c4ccccc34)c2c1. The van der Waals surface area contributed by atoms with Crippen LogP contribution in [0, 0.1) is 0 Å². The second-order valence-electron chi connectivity index (χ2n) is 7.29. The molecule has 0 saturated carbocycles. The van der Waals surface area contributed by atoms with E-state index in [-0.39, 0.29) is 5.91 Å². The minimum atomic E-state index is -0.320. The number of carbonyl (C=O) groups is 1. The van der Waals surface area contributed by atoms with Gasteiger partial charge in [-0.3, -0.25) is 4.79 Å². The van der Waals surface area contributed by atoms with Crippen LogP contribution in [0.4, 0.5) is 0 Å². The molecule has 6 nitrogen and oxygen atoms in total. The van der Waals surface area contributed by atoms with Gasteiger partial charge in [0.25, 0.3) is 5.91 Å². The lowest BCUT2D eigenvalue weighted by Gasteiger charge is -2.10. The number of aromatic nitrogens is 2. The largest absolute Gasteiger partial charge is 0.497 e. The standard InChI is InChI=1S/C26H20N4O2/c1-32-19-11-12-24-21(13-19)22(14-25(29-24)17-7-3-2-4-8-17)26(31)30-28-16-18-15-27-23-10-6-5-9-20(18)23/h2-16,27H,1H3,(H,30,31). The van der Waals surface area contributed by atoms with Gasteiger partial charge in [0.05, 0.1) is 30.1 Å². The number of nitrogens with one attached hydrogen (secondary N) is 2. The first-order chi connectivity index (χ1) is 15.7. The topological polar surface area (TPSA) is 79.4 Å². The van der Waals surface area contributed by atoms with Gasteiger partial charge >= 0.3 is 0 Å². The summed E-state index contributed by atoms with van der Waals surface area (Å²) >= 11 is 0. The first-order valence-electron chi connectivity index (χ1n) is 10.2.